The number of fused-ring (bicyclic) bond motifs is 1. The molecule has 2 amide bonds. The number of para-hydroxylation sites is 1. The van der Waals surface area contributed by atoms with Crippen LogP contribution in [-0.2, 0) is 25.5 Å². The van der Waals surface area contributed by atoms with Gasteiger partial charge in [-0.2, -0.15) is 0 Å². The van der Waals surface area contributed by atoms with E-state index in [1.165, 1.54) is 0 Å². The van der Waals surface area contributed by atoms with Gasteiger partial charge in [-0.05, 0) is 29.5 Å². The van der Waals surface area contributed by atoms with Crippen LogP contribution in [0.2, 0.25) is 0 Å². The molecule has 1 aliphatic heterocycles. The molecule has 0 unspecified atom stereocenters. The van der Waals surface area contributed by atoms with Crippen molar-refractivity contribution < 1.29 is 19.1 Å². The van der Waals surface area contributed by atoms with Crippen molar-refractivity contribution in [1.82, 2.24) is 0 Å². The van der Waals surface area contributed by atoms with Crippen LogP contribution in [0.1, 0.15) is 18.9 Å². The van der Waals surface area contributed by atoms with E-state index in [1.807, 2.05) is 67.6 Å². The number of nitrogens with zero attached hydrogens (tertiary/aromatic N) is 1. The number of anilines is 2. The first-order valence-corrected chi connectivity index (χ1v) is 10.4. The first kappa shape index (κ1) is 20.6. The molecule has 0 radical (unpaired) electrons. The summed E-state index contributed by atoms with van der Waals surface area (Å²) >= 11 is 0. The van der Waals surface area contributed by atoms with Gasteiger partial charge < -0.3 is 15.0 Å². The zero-order valence-electron chi connectivity index (χ0n) is 17.3. The number of amides is 2. The van der Waals surface area contributed by atoms with Crippen molar-refractivity contribution in [2.24, 2.45) is 5.92 Å². The Hall–Kier alpha value is -3.67. The van der Waals surface area contributed by atoms with Gasteiger partial charge in [-0.25, -0.2) is 0 Å². The van der Waals surface area contributed by atoms with E-state index < -0.39 is 24.4 Å². The molecule has 0 aromatic heterocycles. The van der Waals surface area contributed by atoms with Gasteiger partial charge in [-0.15, -0.1) is 0 Å². The van der Waals surface area contributed by atoms with Crippen molar-refractivity contribution in [2.45, 2.75) is 19.8 Å². The fourth-order valence-electron chi connectivity index (χ4n) is 3.95. The minimum Gasteiger partial charge on any atom is -0.455 e. The normalized spacial score (nSPS) is 15.8. The van der Waals surface area contributed by atoms with Crippen LogP contribution in [0.4, 0.5) is 11.4 Å². The Morgan fingerprint density at radius 1 is 1.03 bits per heavy atom. The number of benzene rings is 3. The van der Waals surface area contributed by atoms with Crippen molar-refractivity contribution in [2.75, 3.05) is 23.4 Å². The van der Waals surface area contributed by atoms with Crippen molar-refractivity contribution in [1.29, 1.82) is 0 Å². The third-order valence-corrected chi connectivity index (χ3v) is 5.53. The fraction of sp³-hybridized carbons (Fsp3) is 0.240. The Kier molecular flexibility index (Phi) is 5.98. The zero-order chi connectivity index (χ0) is 21.8. The van der Waals surface area contributed by atoms with E-state index in [-0.39, 0.29) is 18.9 Å². The van der Waals surface area contributed by atoms with Crippen LogP contribution in [0.3, 0.4) is 0 Å². The summed E-state index contributed by atoms with van der Waals surface area (Å²) in [5, 5.41) is 4.72. The monoisotopic (exact) mass is 416 g/mol. The predicted octanol–water partition coefficient (Wildman–Crippen LogP) is 3.94. The van der Waals surface area contributed by atoms with E-state index in [0.717, 1.165) is 28.4 Å². The number of carbonyl (C=O) groups is 3. The molecule has 1 heterocycles. The van der Waals surface area contributed by atoms with Crippen LogP contribution >= 0.6 is 0 Å². The van der Waals surface area contributed by atoms with E-state index in [2.05, 4.69) is 5.32 Å². The maximum absolute atomic E-state index is 12.5. The van der Waals surface area contributed by atoms with E-state index in [0.29, 0.717) is 5.69 Å². The summed E-state index contributed by atoms with van der Waals surface area (Å²) in [6.07, 6.45) is 0.880. The molecular weight excluding hydrogens is 392 g/mol. The topological polar surface area (TPSA) is 75.7 Å². The Balaban J connectivity index is 1.35. The Bertz CT molecular complexity index is 1140. The van der Waals surface area contributed by atoms with Gasteiger partial charge in [0.05, 0.1) is 5.92 Å². The lowest BCUT2D eigenvalue weighted by Crippen LogP contribution is -2.28. The number of rotatable bonds is 6. The maximum atomic E-state index is 12.5. The molecule has 3 aromatic carbocycles. The molecule has 6 nitrogen and oxygen atoms in total. The number of nitrogens with one attached hydrogen (secondary N) is 1. The largest absolute Gasteiger partial charge is 0.455 e. The smallest absolute Gasteiger partial charge is 0.311 e. The summed E-state index contributed by atoms with van der Waals surface area (Å²) in [5.41, 5.74) is 2.55. The molecule has 0 aliphatic carbocycles. The lowest BCUT2D eigenvalue weighted by atomic mass is 10.1. The zero-order valence-corrected chi connectivity index (χ0v) is 17.3. The first-order chi connectivity index (χ1) is 15.1. The van der Waals surface area contributed by atoms with Gasteiger partial charge in [0.25, 0.3) is 5.91 Å². The van der Waals surface area contributed by atoms with Crippen LogP contribution in [0, 0.1) is 5.92 Å². The SMILES string of the molecule is CCc1ccccc1N1C[C@@H](C(=O)OCC(=O)Nc2cccc3ccccc23)CC1=O. The number of hydrogen-bond donors (Lipinski definition) is 1. The Morgan fingerprint density at radius 3 is 2.61 bits per heavy atom. The number of carbonyl (C=O) groups excluding carboxylic acids is 3. The highest BCUT2D eigenvalue weighted by Gasteiger charge is 2.37. The summed E-state index contributed by atoms with van der Waals surface area (Å²) in [5.74, 6) is -1.63. The van der Waals surface area contributed by atoms with Crippen molar-refractivity contribution in [3.05, 3.63) is 72.3 Å². The molecular formula is C25H24N2O4. The molecule has 1 atom stereocenters. The van der Waals surface area contributed by atoms with Crippen LogP contribution in [0.5, 0.6) is 0 Å². The molecule has 158 valence electrons. The lowest BCUT2D eigenvalue weighted by Gasteiger charge is -2.19. The number of hydrogen-bond acceptors (Lipinski definition) is 4. The molecule has 3 aromatic rings. The van der Waals surface area contributed by atoms with Gasteiger partial charge >= 0.3 is 5.97 Å². The Morgan fingerprint density at radius 2 is 1.77 bits per heavy atom. The highest BCUT2D eigenvalue weighted by atomic mass is 16.5. The van der Waals surface area contributed by atoms with Gasteiger partial charge in [0.1, 0.15) is 0 Å². The molecule has 31 heavy (non-hydrogen) atoms. The van der Waals surface area contributed by atoms with E-state index in [1.54, 1.807) is 11.0 Å². The van der Waals surface area contributed by atoms with E-state index in [4.69, 9.17) is 4.74 Å². The van der Waals surface area contributed by atoms with E-state index >= 15 is 0 Å². The number of ether oxygens (including phenoxy) is 1. The quantitative estimate of drug-likeness (QED) is 0.618. The highest BCUT2D eigenvalue weighted by molar-refractivity contribution is 6.03. The molecule has 0 bridgehead atoms. The fourth-order valence-corrected chi connectivity index (χ4v) is 3.95. The summed E-state index contributed by atoms with van der Waals surface area (Å²) in [4.78, 5) is 39.0. The average molecular weight is 416 g/mol. The van der Waals surface area contributed by atoms with E-state index in [9.17, 15) is 14.4 Å². The Labute approximate surface area is 180 Å². The standard InChI is InChI=1S/C25H24N2O4/c1-2-17-8-4-6-13-22(17)27-15-19(14-24(27)29)25(30)31-16-23(28)26-21-12-7-10-18-9-3-5-11-20(18)21/h3-13,19H,2,14-16H2,1H3,(H,26,28)/t19-/m0/s1. The molecule has 0 saturated carbocycles. The van der Waals surface area contributed by atoms with Crippen LogP contribution in [0.25, 0.3) is 10.8 Å². The van der Waals surface area contributed by atoms with Crippen molar-refractivity contribution >= 4 is 39.9 Å². The minimum absolute atomic E-state index is 0.0851. The van der Waals surface area contributed by atoms with Gasteiger partial charge in [0, 0.05) is 29.7 Å². The molecule has 1 fully saturated rings. The number of esters is 1. The molecule has 4 rings (SSSR count). The second-order valence-corrected chi connectivity index (χ2v) is 7.57. The predicted molar refractivity (Wildman–Crippen MR) is 120 cm³/mol. The van der Waals surface area contributed by atoms with Gasteiger partial charge in [0.2, 0.25) is 5.91 Å². The van der Waals surface area contributed by atoms with Crippen molar-refractivity contribution in [3.8, 4) is 0 Å². The maximum Gasteiger partial charge on any atom is 0.311 e. The molecule has 6 heteroatoms. The molecule has 1 N–H and O–H groups in total. The van der Waals surface area contributed by atoms with Crippen LogP contribution < -0.4 is 10.2 Å². The second kappa shape index (κ2) is 9.00. The van der Waals surface area contributed by atoms with Gasteiger partial charge in [0.15, 0.2) is 6.61 Å². The van der Waals surface area contributed by atoms with Crippen LogP contribution in [-0.4, -0.2) is 30.9 Å². The minimum atomic E-state index is -0.581. The van der Waals surface area contributed by atoms with Crippen molar-refractivity contribution in [3.63, 3.8) is 0 Å². The third kappa shape index (κ3) is 4.43. The molecule has 1 saturated heterocycles. The highest BCUT2D eigenvalue weighted by Crippen LogP contribution is 2.29. The van der Waals surface area contributed by atoms with Crippen LogP contribution in [0.15, 0.2) is 66.7 Å². The first-order valence-electron chi connectivity index (χ1n) is 10.4. The summed E-state index contributed by atoms with van der Waals surface area (Å²) < 4.78 is 5.23. The van der Waals surface area contributed by atoms with Gasteiger partial charge in [-0.3, -0.25) is 14.4 Å². The lowest BCUT2D eigenvalue weighted by molar-refractivity contribution is -0.151. The number of aryl methyl sites for hydroxylation is 1. The summed E-state index contributed by atoms with van der Waals surface area (Å²) in [7, 11) is 0. The summed E-state index contributed by atoms with van der Waals surface area (Å²) in [6, 6.07) is 21.0. The molecule has 0 spiro atoms. The van der Waals surface area contributed by atoms with Gasteiger partial charge in [-0.1, -0.05) is 61.5 Å². The summed E-state index contributed by atoms with van der Waals surface area (Å²) in [6.45, 7) is 1.90. The average Bonchev–Trinajstić information content (AvgIpc) is 3.19. The second-order valence-electron chi connectivity index (χ2n) is 7.57. The third-order valence-electron chi connectivity index (χ3n) is 5.53. The molecule has 1 aliphatic rings.